The molecule has 3 aromatic carbocycles. The van der Waals surface area contributed by atoms with Crippen molar-refractivity contribution in [2.45, 2.75) is 0 Å². The van der Waals surface area contributed by atoms with Gasteiger partial charge in [0.15, 0.2) is 18.1 Å². The van der Waals surface area contributed by atoms with Gasteiger partial charge in [0.1, 0.15) is 11.6 Å². The van der Waals surface area contributed by atoms with Crippen molar-refractivity contribution in [2.24, 2.45) is 0 Å². The van der Waals surface area contributed by atoms with E-state index in [0.717, 1.165) is 0 Å². The smallest absolute Gasteiger partial charge is 0.337 e. The van der Waals surface area contributed by atoms with Crippen LogP contribution >= 0.6 is 0 Å². The molecule has 0 aromatic heterocycles. The van der Waals surface area contributed by atoms with E-state index in [4.69, 9.17) is 9.47 Å². The molecule has 0 spiro atoms. The van der Waals surface area contributed by atoms with Gasteiger partial charge in [0.25, 0.3) is 11.8 Å². The number of amides is 2. The highest BCUT2D eigenvalue weighted by atomic mass is 16.5. The van der Waals surface area contributed by atoms with E-state index >= 15 is 0 Å². The third-order valence-electron chi connectivity index (χ3n) is 4.84. The first kappa shape index (κ1) is 25.5. The summed E-state index contributed by atoms with van der Waals surface area (Å²) in [6.07, 6.45) is 1.40. The van der Waals surface area contributed by atoms with Crippen LogP contribution in [0.1, 0.15) is 15.9 Å². The Balaban J connectivity index is 1.66. The summed E-state index contributed by atoms with van der Waals surface area (Å²) in [6.45, 7) is -0.235. The van der Waals surface area contributed by atoms with Gasteiger partial charge in [-0.1, -0.05) is 24.3 Å². The molecule has 3 rings (SSSR count). The molecule has 2 N–H and O–H groups in total. The highest BCUT2D eigenvalue weighted by Crippen LogP contribution is 2.29. The quantitative estimate of drug-likeness (QED) is 0.266. The first-order valence-corrected chi connectivity index (χ1v) is 10.7. The molecule has 0 bridgehead atoms. The molecule has 0 saturated carbocycles. The number of para-hydroxylation sites is 1. The van der Waals surface area contributed by atoms with Gasteiger partial charge >= 0.3 is 5.97 Å². The van der Waals surface area contributed by atoms with Crippen molar-refractivity contribution in [3.8, 4) is 17.6 Å². The van der Waals surface area contributed by atoms with Gasteiger partial charge in [-0.25, -0.2) is 4.79 Å². The molecule has 0 saturated heterocycles. The van der Waals surface area contributed by atoms with Crippen molar-refractivity contribution in [1.29, 1.82) is 5.26 Å². The number of nitrogens with one attached hydrogen (secondary N) is 2. The Kier molecular flexibility index (Phi) is 8.78. The number of esters is 1. The Bertz CT molecular complexity index is 1310. The molecule has 9 nitrogen and oxygen atoms in total. The molecule has 0 fully saturated rings. The largest absolute Gasteiger partial charge is 0.493 e. The number of hydrogen-bond donors (Lipinski definition) is 2. The van der Waals surface area contributed by atoms with E-state index in [1.54, 1.807) is 30.3 Å². The van der Waals surface area contributed by atoms with E-state index < -0.39 is 11.9 Å². The number of benzene rings is 3. The molecular formula is C27H23N3O6. The molecule has 0 aliphatic carbocycles. The predicted molar refractivity (Wildman–Crippen MR) is 134 cm³/mol. The highest BCUT2D eigenvalue weighted by molar-refractivity contribution is 6.09. The third kappa shape index (κ3) is 6.95. The molecule has 0 atom stereocenters. The lowest BCUT2D eigenvalue weighted by Crippen LogP contribution is -2.20. The summed E-state index contributed by atoms with van der Waals surface area (Å²) in [6, 6.07) is 21.7. The van der Waals surface area contributed by atoms with Crippen LogP contribution in [0.15, 0.2) is 78.4 Å². The summed E-state index contributed by atoms with van der Waals surface area (Å²) in [5, 5.41) is 14.8. The molecule has 182 valence electrons. The predicted octanol–water partition coefficient (Wildman–Crippen LogP) is 4.04. The van der Waals surface area contributed by atoms with Crippen molar-refractivity contribution in [3.05, 3.63) is 89.5 Å². The molecule has 0 radical (unpaired) electrons. The average Bonchev–Trinajstić information content (AvgIpc) is 2.91. The van der Waals surface area contributed by atoms with Gasteiger partial charge in [0.2, 0.25) is 0 Å². The van der Waals surface area contributed by atoms with Gasteiger partial charge in [-0.3, -0.25) is 9.59 Å². The Morgan fingerprint density at radius 3 is 2.22 bits per heavy atom. The maximum atomic E-state index is 12.6. The molecule has 0 aliphatic heterocycles. The zero-order chi connectivity index (χ0) is 25.9. The number of carbonyl (C=O) groups is 3. The van der Waals surface area contributed by atoms with Crippen molar-refractivity contribution in [2.75, 3.05) is 31.5 Å². The SMILES string of the molecule is COC(=O)c1ccc(NC(=O)/C(C#N)=C/c2ccc(OCC(=O)Nc3ccccc3)c(OC)c2)cc1. The lowest BCUT2D eigenvalue weighted by Gasteiger charge is -2.12. The number of ether oxygens (including phenoxy) is 3. The lowest BCUT2D eigenvalue weighted by atomic mass is 10.1. The third-order valence-corrected chi connectivity index (χ3v) is 4.84. The fraction of sp³-hybridized carbons (Fsp3) is 0.111. The van der Waals surface area contributed by atoms with Crippen LogP contribution in [0.2, 0.25) is 0 Å². The zero-order valence-corrected chi connectivity index (χ0v) is 19.6. The van der Waals surface area contributed by atoms with Crippen molar-refractivity contribution >= 4 is 35.2 Å². The van der Waals surface area contributed by atoms with E-state index in [1.165, 1.54) is 44.6 Å². The van der Waals surface area contributed by atoms with Gasteiger partial charge in [0.05, 0.1) is 19.8 Å². The molecule has 0 unspecified atom stereocenters. The van der Waals surface area contributed by atoms with E-state index in [1.807, 2.05) is 24.3 Å². The van der Waals surface area contributed by atoms with Crippen molar-refractivity contribution in [3.63, 3.8) is 0 Å². The fourth-order valence-electron chi connectivity index (χ4n) is 3.08. The molecule has 2 amide bonds. The highest BCUT2D eigenvalue weighted by Gasteiger charge is 2.13. The van der Waals surface area contributed by atoms with Crippen LogP contribution in [0.5, 0.6) is 11.5 Å². The van der Waals surface area contributed by atoms with Crippen LogP contribution < -0.4 is 20.1 Å². The molecule has 0 aliphatic rings. The van der Waals surface area contributed by atoms with Gasteiger partial charge in [-0.2, -0.15) is 5.26 Å². The van der Waals surface area contributed by atoms with Gasteiger partial charge in [-0.05, 0) is 60.2 Å². The Morgan fingerprint density at radius 2 is 1.58 bits per heavy atom. The minimum absolute atomic E-state index is 0.148. The summed E-state index contributed by atoms with van der Waals surface area (Å²) in [5.41, 5.74) is 1.76. The number of hydrogen-bond acceptors (Lipinski definition) is 7. The van der Waals surface area contributed by atoms with E-state index in [2.05, 4.69) is 15.4 Å². The normalized spacial score (nSPS) is 10.5. The molecule has 3 aromatic rings. The lowest BCUT2D eigenvalue weighted by molar-refractivity contribution is -0.118. The average molecular weight is 485 g/mol. The zero-order valence-electron chi connectivity index (χ0n) is 19.6. The van der Waals surface area contributed by atoms with Crippen LogP contribution in [-0.4, -0.2) is 38.6 Å². The van der Waals surface area contributed by atoms with Gasteiger partial charge < -0.3 is 24.8 Å². The number of nitriles is 1. The van der Waals surface area contributed by atoms with E-state index in [9.17, 15) is 19.6 Å². The summed E-state index contributed by atoms with van der Waals surface area (Å²) in [7, 11) is 2.72. The van der Waals surface area contributed by atoms with Gasteiger partial charge in [-0.15, -0.1) is 0 Å². The van der Waals surface area contributed by atoms with Crippen LogP contribution in [0, 0.1) is 11.3 Å². The maximum absolute atomic E-state index is 12.6. The second kappa shape index (κ2) is 12.4. The van der Waals surface area contributed by atoms with E-state index in [0.29, 0.717) is 34.0 Å². The van der Waals surface area contributed by atoms with Gasteiger partial charge in [0, 0.05) is 11.4 Å². The maximum Gasteiger partial charge on any atom is 0.337 e. The molecule has 0 heterocycles. The monoisotopic (exact) mass is 485 g/mol. The van der Waals surface area contributed by atoms with Crippen LogP contribution in [-0.2, 0) is 14.3 Å². The molecule has 9 heteroatoms. The second-order valence-corrected chi connectivity index (χ2v) is 7.31. The summed E-state index contributed by atoms with van der Waals surface area (Å²) in [4.78, 5) is 36.2. The first-order chi connectivity index (χ1) is 17.4. The summed E-state index contributed by atoms with van der Waals surface area (Å²) >= 11 is 0. The van der Waals surface area contributed by atoms with Crippen molar-refractivity contribution in [1.82, 2.24) is 0 Å². The van der Waals surface area contributed by atoms with Crippen molar-refractivity contribution < 1.29 is 28.6 Å². The topological polar surface area (TPSA) is 127 Å². The van der Waals surface area contributed by atoms with E-state index in [-0.39, 0.29) is 18.1 Å². The number of carbonyl (C=O) groups excluding carboxylic acids is 3. The second-order valence-electron chi connectivity index (χ2n) is 7.31. The van der Waals surface area contributed by atoms with Crippen LogP contribution in [0.4, 0.5) is 11.4 Å². The Hall–Kier alpha value is -5.10. The molecule has 36 heavy (non-hydrogen) atoms. The Labute approximate surface area is 207 Å². The molecular weight excluding hydrogens is 462 g/mol. The first-order valence-electron chi connectivity index (χ1n) is 10.7. The number of anilines is 2. The minimum atomic E-state index is -0.625. The summed E-state index contributed by atoms with van der Waals surface area (Å²) in [5.74, 6) is -0.807. The van der Waals surface area contributed by atoms with Crippen LogP contribution in [0.25, 0.3) is 6.08 Å². The Morgan fingerprint density at radius 1 is 0.889 bits per heavy atom. The standard InChI is InChI=1S/C27H23N3O6/c1-34-24-15-18(8-13-23(24)36-17-25(31)29-21-6-4-3-5-7-21)14-20(16-28)26(32)30-22-11-9-19(10-12-22)27(33)35-2/h3-15H,17H2,1-2H3,(H,29,31)(H,30,32)/b20-14+. The summed E-state index contributed by atoms with van der Waals surface area (Å²) < 4.78 is 15.6. The minimum Gasteiger partial charge on any atom is -0.493 e. The number of rotatable bonds is 9. The number of methoxy groups -OCH3 is 2. The van der Waals surface area contributed by atoms with Crippen LogP contribution in [0.3, 0.4) is 0 Å². The number of nitrogens with zero attached hydrogens (tertiary/aromatic N) is 1. The fourth-order valence-corrected chi connectivity index (χ4v) is 3.08.